The summed E-state index contributed by atoms with van der Waals surface area (Å²) in [6, 6.07) is 2.08. The number of ketones is 1. The maximum Gasteiger partial charge on any atom is 0.146 e. The van der Waals surface area contributed by atoms with Gasteiger partial charge in [0.2, 0.25) is 0 Å². The fraction of sp³-hybridized carbons (Fsp3) is 0.733. The van der Waals surface area contributed by atoms with E-state index in [4.69, 9.17) is 5.73 Å². The smallest absolute Gasteiger partial charge is 0.146 e. The highest BCUT2D eigenvalue weighted by Crippen LogP contribution is 2.38. The number of nitrogens with zero attached hydrogens (tertiary/aromatic N) is 2. The van der Waals surface area contributed by atoms with Crippen LogP contribution in [0.25, 0.3) is 0 Å². The zero-order chi connectivity index (χ0) is 14.0. The summed E-state index contributed by atoms with van der Waals surface area (Å²) < 4.78 is 1.95. The number of nitrogens with two attached hydrogens (primary N) is 1. The highest BCUT2D eigenvalue weighted by Gasteiger charge is 2.42. The molecule has 4 heteroatoms. The van der Waals surface area contributed by atoms with Gasteiger partial charge in [-0.15, -0.1) is 0 Å². The molecule has 0 aromatic carbocycles. The van der Waals surface area contributed by atoms with Gasteiger partial charge >= 0.3 is 0 Å². The van der Waals surface area contributed by atoms with Gasteiger partial charge in [0, 0.05) is 30.1 Å². The number of carbonyl (C=O) groups is 1. The van der Waals surface area contributed by atoms with Gasteiger partial charge in [-0.3, -0.25) is 9.48 Å². The Hall–Kier alpha value is -1.16. The minimum Gasteiger partial charge on any atom is -0.327 e. The number of rotatable bonds is 5. The van der Waals surface area contributed by atoms with Crippen molar-refractivity contribution in [2.24, 2.45) is 11.1 Å². The highest BCUT2D eigenvalue weighted by molar-refractivity contribution is 5.87. The van der Waals surface area contributed by atoms with Crippen LogP contribution in [0, 0.1) is 5.41 Å². The van der Waals surface area contributed by atoms with Crippen molar-refractivity contribution in [2.75, 3.05) is 0 Å². The molecule has 4 nitrogen and oxygen atoms in total. The van der Waals surface area contributed by atoms with Gasteiger partial charge in [0.25, 0.3) is 0 Å². The Morgan fingerprint density at radius 1 is 1.58 bits per heavy atom. The van der Waals surface area contributed by atoms with Crippen molar-refractivity contribution in [1.29, 1.82) is 0 Å². The zero-order valence-electron chi connectivity index (χ0n) is 12.3. The summed E-state index contributed by atoms with van der Waals surface area (Å²) in [7, 11) is 0. The third-order valence-electron chi connectivity index (χ3n) is 4.58. The summed E-state index contributed by atoms with van der Waals surface area (Å²) in [5.74, 6) is 0.273. The minimum absolute atomic E-state index is 0.0173. The van der Waals surface area contributed by atoms with Crippen molar-refractivity contribution < 1.29 is 4.79 Å². The molecule has 1 fully saturated rings. The molecule has 0 aliphatic heterocycles. The second kappa shape index (κ2) is 5.45. The van der Waals surface area contributed by atoms with Crippen LogP contribution in [-0.4, -0.2) is 21.6 Å². The largest absolute Gasteiger partial charge is 0.327 e. The molecule has 0 radical (unpaired) electrons. The normalized spacial score (nSPS) is 26.8. The van der Waals surface area contributed by atoms with Gasteiger partial charge in [0.15, 0.2) is 0 Å². The molecule has 106 valence electrons. The lowest BCUT2D eigenvalue weighted by Gasteiger charge is -2.27. The molecular weight excluding hydrogens is 238 g/mol. The number of hydrogen-bond donors (Lipinski definition) is 1. The molecule has 1 aromatic rings. The van der Waals surface area contributed by atoms with Crippen molar-refractivity contribution in [3.63, 3.8) is 0 Å². The summed E-state index contributed by atoms with van der Waals surface area (Å²) in [5, 5.41) is 4.50. The fourth-order valence-electron chi connectivity index (χ4n) is 3.01. The van der Waals surface area contributed by atoms with E-state index in [1.54, 1.807) is 0 Å². The second-order valence-corrected chi connectivity index (χ2v) is 5.81. The fourth-order valence-corrected chi connectivity index (χ4v) is 3.01. The van der Waals surface area contributed by atoms with E-state index >= 15 is 0 Å². The molecule has 1 aromatic heterocycles. The quantitative estimate of drug-likeness (QED) is 0.885. The van der Waals surface area contributed by atoms with Crippen LogP contribution >= 0.6 is 0 Å². The van der Waals surface area contributed by atoms with Crippen LogP contribution in [-0.2, 0) is 24.2 Å². The molecule has 2 N–H and O–H groups in total. The topological polar surface area (TPSA) is 60.9 Å². The summed E-state index contributed by atoms with van der Waals surface area (Å²) in [4.78, 5) is 12.6. The Balaban J connectivity index is 2.16. The number of carbonyl (C=O) groups excluding carboxylic acids is 1. The minimum atomic E-state index is -0.338. The first-order chi connectivity index (χ1) is 9.01. The third kappa shape index (κ3) is 2.59. The second-order valence-electron chi connectivity index (χ2n) is 5.81. The van der Waals surface area contributed by atoms with Crippen LogP contribution < -0.4 is 5.73 Å². The summed E-state index contributed by atoms with van der Waals surface area (Å²) in [6.45, 7) is 6.98. The van der Waals surface area contributed by atoms with E-state index in [1.807, 2.05) is 11.6 Å². The van der Waals surface area contributed by atoms with Crippen molar-refractivity contribution in [3.05, 3.63) is 17.5 Å². The molecule has 1 heterocycles. The monoisotopic (exact) mass is 263 g/mol. The summed E-state index contributed by atoms with van der Waals surface area (Å²) >= 11 is 0. The molecule has 1 saturated carbocycles. The van der Waals surface area contributed by atoms with E-state index in [-0.39, 0.29) is 17.2 Å². The molecule has 19 heavy (non-hydrogen) atoms. The van der Waals surface area contributed by atoms with Crippen molar-refractivity contribution >= 4 is 5.78 Å². The summed E-state index contributed by atoms with van der Waals surface area (Å²) in [6.07, 6.45) is 4.33. The molecule has 1 aliphatic rings. The lowest BCUT2D eigenvalue weighted by Crippen LogP contribution is -2.42. The molecule has 0 amide bonds. The van der Waals surface area contributed by atoms with Crippen LogP contribution in [0.1, 0.15) is 51.4 Å². The van der Waals surface area contributed by atoms with E-state index in [9.17, 15) is 4.79 Å². The SMILES string of the molecule is CCc1cc(CC(=O)C2(C)CCCC2N)n(CC)n1. The lowest BCUT2D eigenvalue weighted by molar-refractivity contribution is -0.127. The Morgan fingerprint density at radius 3 is 2.84 bits per heavy atom. The van der Waals surface area contributed by atoms with Crippen LogP contribution in [0.15, 0.2) is 6.07 Å². The van der Waals surface area contributed by atoms with Gasteiger partial charge in [0.05, 0.1) is 5.69 Å². The van der Waals surface area contributed by atoms with E-state index in [1.165, 1.54) is 0 Å². The van der Waals surface area contributed by atoms with Gasteiger partial charge in [0.1, 0.15) is 5.78 Å². The Bertz CT molecular complexity index is 466. The molecule has 0 bridgehead atoms. The number of aryl methyl sites for hydroxylation is 2. The maximum absolute atomic E-state index is 12.6. The van der Waals surface area contributed by atoms with E-state index < -0.39 is 0 Å². The third-order valence-corrected chi connectivity index (χ3v) is 4.58. The Morgan fingerprint density at radius 2 is 2.32 bits per heavy atom. The first kappa shape index (κ1) is 14.3. The van der Waals surface area contributed by atoms with E-state index in [0.717, 1.165) is 43.6 Å². The van der Waals surface area contributed by atoms with Crippen LogP contribution in [0.3, 0.4) is 0 Å². The molecule has 0 saturated heterocycles. The summed E-state index contributed by atoms with van der Waals surface area (Å²) in [5.41, 5.74) is 7.88. The standard InChI is InChI=1S/C15H25N3O/c1-4-11-9-12(18(5-2)17-11)10-14(19)15(3)8-6-7-13(15)16/h9,13H,4-8,10,16H2,1-3H3. The molecule has 2 rings (SSSR count). The van der Waals surface area contributed by atoms with E-state index in [2.05, 4.69) is 25.0 Å². The van der Waals surface area contributed by atoms with Crippen molar-refractivity contribution in [1.82, 2.24) is 9.78 Å². The van der Waals surface area contributed by atoms with Crippen molar-refractivity contribution in [3.8, 4) is 0 Å². The predicted molar refractivity (Wildman–Crippen MR) is 75.9 cm³/mol. The van der Waals surface area contributed by atoms with Gasteiger partial charge in [-0.05, 0) is 32.3 Å². The molecule has 0 spiro atoms. The van der Waals surface area contributed by atoms with Gasteiger partial charge < -0.3 is 5.73 Å². The zero-order valence-corrected chi connectivity index (χ0v) is 12.3. The number of aromatic nitrogens is 2. The van der Waals surface area contributed by atoms with Crippen molar-refractivity contribution in [2.45, 2.75) is 65.5 Å². The van der Waals surface area contributed by atoms with Crippen LogP contribution in [0.2, 0.25) is 0 Å². The average molecular weight is 263 g/mol. The number of hydrogen-bond acceptors (Lipinski definition) is 3. The van der Waals surface area contributed by atoms with Crippen LogP contribution in [0.5, 0.6) is 0 Å². The first-order valence-electron chi connectivity index (χ1n) is 7.35. The van der Waals surface area contributed by atoms with Gasteiger partial charge in [-0.2, -0.15) is 5.10 Å². The number of Topliss-reactive ketones (excluding diaryl/α,β-unsaturated/α-hetero) is 1. The van der Waals surface area contributed by atoms with E-state index in [0.29, 0.717) is 6.42 Å². The highest BCUT2D eigenvalue weighted by atomic mass is 16.1. The predicted octanol–water partition coefficient (Wildman–Crippen LogP) is 2.09. The Labute approximate surface area is 115 Å². The lowest BCUT2D eigenvalue weighted by atomic mass is 9.79. The van der Waals surface area contributed by atoms with Crippen LogP contribution in [0.4, 0.5) is 0 Å². The molecular formula is C15H25N3O. The maximum atomic E-state index is 12.6. The van der Waals surface area contributed by atoms with Gasteiger partial charge in [-0.1, -0.05) is 20.3 Å². The average Bonchev–Trinajstić information content (AvgIpc) is 2.94. The molecule has 1 aliphatic carbocycles. The molecule has 2 atom stereocenters. The first-order valence-corrected chi connectivity index (χ1v) is 7.35. The molecule has 2 unspecified atom stereocenters. The van der Waals surface area contributed by atoms with Gasteiger partial charge in [-0.25, -0.2) is 0 Å². The Kier molecular flexibility index (Phi) is 4.09.